The van der Waals surface area contributed by atoms with Gasteiger partial charge in [-0.1, -0.05) is 12.1 Å². The summed E-state index contributed by atoms with van der Waals surface area (Å²) in [4.78, 5) is 24.1. The van der Waals surface area contributed by atoms with E-state index in [1.54, 1.807) is 19.1 Å². The number of unbranched alkanes of at least 4 members (excludes halogenated alkanes) is 2. The Morgan fingerprint density at radius 3 is 2.05 bits per heavy atom. The van der Waals surface area contributed by atoms with Gasteiger partial charge in [0, 0.05) is 18.7 Å². The summed E-state index contributed by atoms with van der Waals surface area (Å²) in [6.07, 6.45) is 10.7. The number of hydrogen-bond acceptors (Lipinski definition) is 6. The van der Waals surface area contributed by atoms with E-state index >= 15 is 0 Å². The molecule has 5 rings (SSSR count). The Morgan fingerprint density at radius 2 is 1.42 bits per heavy atom. The second-order valence-electron chi connectivity index (χ2n) is 11.3. The Labute approximate surface area is 227 Å². The van der Waals surface area contributed by atoms with E-state index in [0.717, 1.165) is 49.1 Å². The molecule has 0 spiro atoms. The van der Waals surface area contributed by atoms with Crippen molar-refractivity contribution in [2.45, 2.75) is 76.9 Å². The monoisotopic (exact) mass is 530 g/mol. The van der Waals surface area contributed by atoms with E-state index in [4.69, 9.17) is 18.9 Å². The highest BCUT2D eigenvalue weighted by molar-refractivity contribution is 5.89. The summed E-state index contributed by atoms with van der Waals surface area (Å²) in [6, 6.07) is 7.27. The number of carbonyl (C=O) groups excluding carboxylic acids is 2. The lowest BCUT2D eigenvalue weighted by Gasteiger charge is -2.56. The van der Waals surface area contributed by atoms with Gasteiger partial charge in [-0.2, -0.15) is 0 Å². The molecule has 0 aromatic heterocycles. The summed E-state index contributed by atoms with van der Waals surface area (Å²) in [5.41, 5.74) is 1.63. The van der Waals surface area contributed by atoms with Crippen LogP contribution in [0, 0.1) is 17.8 Å². The Hall–Kier alpha value is -2.16. The minimum atomic E-state index is -0.306. The van der Waals surface area contributed by atoms with Crippen LogP contribution in [0.25, 0.3) is 0 Å². The van der Waals surface area contributed by atoms with Gasteiger partial charge >= 0.3 is 12.0 Å². The molecular weight excluding hydrogens is 484 g/mol. The number of carbonyl (C=O) groups is 2. The standard InChI is InChI=1S/C30H46N2O6/c1-2-38-28(33)27-8-6-23(7-9-27)22-37-15-14-36-13-12-35-11-5-3-4-10-31-29(34)32-30-19-24-16-25(20-30)18-26(17-24)21-30/h6-9,24-26H,2-5,10-22H2,1H3,(H2,31,32,34). The van der Waals surface area contributed by atoms with Gasteiger partial charge in [0.25, 0.3) is 0 Å². The Morgan fingerprint density at radius 1 is 0.816 bits per heavy atom. The summed E-state index contributed by atoms with van der Waals surface area (Å²) < 4.78 is 21.8. The molecule has 1 aromatic rings. The highest BCUT2D eigenvalue weighted by Crippen LogP contribution is 2.55. The first kappa shape index (κ1) is 28.8. The van der Waals surface area contributed by atoms with Crippen molar-refractivity contribution >= 4 is 12.0 Å². The number of ether oxygens (including phenoxy) is 4. The Bertz CT molecular complexity index is 839. The topological polar surface area (TPSA) is 95.1 Å². The number of amides is 2. The fraction of sp³-hybridized carbons (Fsp3) is 0.733. The summed E-state index contributed by atoms with van der Waals surface area (Å²) in [7, 11) is 0. The zero-order valence-electron chi connectivity index (χ0n) is 23.0. The van der Waals surface area contributed by atoms with Gasteiger partial charge in [-0.15, -0.1) is 0 Å². The van der Waals surface area contributed by atoms with Gasteiger partial charge in [-0.25, -0.2) is 9.59 Å². The first-order chi connectivity index (χ1) is 18.5. The lowest BCUT2D eigenvalue weighted by Crippen LogP contribution is -2.61. The highest BCUT2D eigenvalue weighted by Gasteiger charge is 2.51. The Balaban J connectivity index is 0.912. The van der Waals surface area contributed by atoms with E-state index < -0.39 is 0 Å². The van der Waals surface area contributed by atoms with Crippen molar-refractivity contribution in [1.29, 1.82) is 0 Å². The second-order valence-corrected chi connectivity index (χ2v) is 11.3. The normalized spacial score (nSPS) is 25.3. The van der Waals surface area contributed by atoms with Crippen molar-refractivity contribution in [2.24, 2.45) is 17.8 Å². The first-order valence-corrected chi connectivity index (χ1v) is 14.6. The predicted molar refractivity (Wildman–Crippen MR) is 145 cm³/mol. The third-order valence-electron chi connectivity index (χ3n) is 8.15. The van der Waals surface area contributed by atoms with Crippen LogP contribution in [0.4, 0.5) is 4.79 Å². The van der Waals surface area contributed by atoms with E-state index in [-0.39, 0.29) is 17.5 Å². The van der Waals surface area contributed by atoms with Crippen LogP contribution in [0.1, 0.15) is 80.6 Å². The number of urea groups is 1. The molecule has 0 radical (unpaired) electrons. The third-order valence-corrected chi connectivity index (χ3v) is 8.15. The summed E-state index contributed by atoms with van der Waals surface area (Å²) in [5, 5.41) is 6.45. The van der Waals surface area contributed by atoms with Gasteiger partial charge in [-0.3, -0.25) is 0 Å². The van der Waals surface area contributed by atoms with Gasteiger partial charge in [-0.05, 0) is 100 Å². The number of benzene rings is 1. The molecule has 4 bridgehead atoms. The fourth-order valence-corrected chi connectivity index (χ4v) is 6.84. The lowest BCUT2D eigenvalue weighted by atomic mass is 9.53. The van der Waals surface area contributed by atoms with Crippen molar-refractivity contribution in [2.75, 3.05) is 46.2 Å². The SMILES string of the molecule is CCOC(=O)c1ccc(COCCOCCOCCCCCNC(=O)NC23CC4CC(CC(C4)C2)C3)cc1. The van der Waals surface area contributed by atoms with Crippen molar-refractivity contribution < 1.29 is 28.5 Å². The first-order valence-electron chi connectivity index (χ1n) is 14.6. The van der Waals surface area contributed by atoms with Gasteiger partial charge in [0.1, 0.15) is 0 Å². The van der Waals surface area contributed by atoms with Crippen molar-refractivity contribution in [3.8, 4) is 0 Å². The van der Waals surface area contributed by atoms with E-state index in [1.165, 1.54) is 38.5 Å². The summed E-state index contributed by atoms with van der Waals surface area (Å²) in [6.45, 7) is 6.20. The van der Waals surface area contributed by atoms with E-state index in [1.807, 2.05) is 12.1 Å². The van der Waals surface area contributed by atoms with Crippen molar-refractivity contribution in [1.82, 2.24) is 10.6 Å². The molecule has 38 heavy (non-hydrogen) atoms. The largest absolute Gasteiger partial charge is 0.462 e. The van der Waals surface area contributed by atoms with Crippen LogP contribution in [-0.2, 0) is 25.6 Å². The third kappa shape index (κ3) is 8.95. The number of rotatable bonds is 17. The minimum absolute atomic E-state index is 0.0243. The molecule has 0 saturated heterocycles. The van der Waals surface area contributed by atoms with Gasteiger partial charge < -0.3 is 29.6 Å². The maximum Gasteiger partial charge on any atom is 0.338 e. The molecule has 1 aromatic carbocycles. The van der Waals surface area contributed by atoms with Gasteiger partial charge in [0.05, 0.1) is 45.2 Å². The molecular formula is C30H46N2O6. The molecule has 212 valence electrons. The fourth-order valence-electron chi connectivity index (χ4n) is 6.84. The van der Waals surface area contributed by atoms with Crippen LogP contribution >= 0.6 is 0 Å². The van der Waals surface area contributed by atoms with Gasteiger partial charge in [0.2, 0.25) is 0 Å². The van der Waals surface area contributed by atoms with E-state index in [9.17, 15) is 9.59 Å². The molecule has 8 nitrogen and oxygen atoms in total. The molecule has 4 fully saturated rings. The average Bonchev–Trinajstić information content (AvgIpc) is 2.88. The predicted octanol–water partition coefficient (Wildman–Crippen LogP) is 4.85. The molecule has 4 aliphatic rings. The molecule has 8 heteroatoms. The maximum atomic E-state index is 12.5. The Kier molecular flexibility index (Phi) is 11.3. The molecule has 0 heterocycles. The number of nitrogens with one attached hydrogen (secondary N) is 2. The number of esters is 1. The zero-order valence-corrected chi connectivity index (χ0v) is 23.0. The molecule has 2 amide bonds. The number of hydrogen-bond donors (Lipinski definition) is 2. The smallest absolute Gasteiger partial charge is 0.338 e. The van der Waals surface area contributed by atoms with E-state index in [2.05, 4.69) is 10.6 Å². The van der Waals surface area contributed by atoms with Crippen LogP contribution < -0.4 is 10.6 Å². The van der Waals surface area contributed by atoms with Crippen LogP contribution in [0.15, 0.2) is 24.3 Å². The molecule has 0 unspecified atom stereocenters. The second kappa shape index (κ2) is 14.8. The molecule has 4 saturated carbocycles. The van der Waals surface area contributed by atoms with Crippen molar-refractivity contribution in [3.05, 3.63) is 35.4 Å². The van der Waals surface area contributed by atoms with Crippen molar-refractivity contribution in [3.63, 3.8) is 0 Å². The van der Waals surface area contributed by atoms with Crippen LogP contribution in [0.3, 0.4) is 0 Å². The molecule has 4 aliphatic carbocycles. The van der Waals surface area contributed by atoms with Gasteiger partial charge in [0.15, 0.2) is 0 Å². The van der Waals surface area contributed by atoms with Crippen LogP contribution in [0.5, 0.6) is 0 Å². The van der Waals surface area contributed by atoms with Crippen LogP contribution in [0.2, 0.25) is 0 Å². The molecule has 0 aliphatic heterocycles. The lowest BCUT2D eigenvalue weighted by molar-refractivity contribution is -0.0135. The highest BCUT2D eigenvalue weighted by atomic mass is 16.5. The molecule has 2 N–H and O–H groups in total. The van der Waals surface area contributed by atoms with E-state index in [0.29, 0.717) is 51.8 Å². The maximum absolute atomic E-state index is 12.5. The summed E-state index contributed by atoms with van der Waals surface area (Å²) in [5.74, 6) is 2.22. The minimum Gasteiger partial charge on any atom is -0.462 e. The average molecular weight is 531 g/mol. The van der Waals surface area contributed by atoms with Crippen LogP contribution in [-0.4, -0.2) is 63.7 Å². The zero-order chi connectivity index (χ0) is 26.6. The molecule has 0 atom stereocenters. The summed E-state index contributed by atoms with van der Waals surface area (Å²) >= 11 is 0. The quantitative estimate of drug-likeness (QED) is 0.221.